The van der Waals surface area contributed by atoms with Crippen LogP contribution in [0.1, 0.15) is 48.0 Å². The summed E-state index contributed by atoms with van der Waals surface area (Å²) in [6.45, 7) is 0.681. The average Bonchev–Trinajstić information content (AvgIpc) is 2.85. The van der Waals surface area contributed by atoms with Gasteiger partial charge in [-0.2, -0.15) is 0 Å². The lowest BCUT2D eigenvalue weighted by Gasteiger charge is -2.45. The molecule has 1 aliphatic heterocycles. The van der Waals surface area contributed by atoms with Gasteiger partial charge in [0.25, 0.3) is 5.91 Å². The van der Waals surface area contributed by atoms with Crippen LogP contribution < -0.4 is 11.1 Å². The van der Waals surface area contributed by atoms with E-state index >= 15 is 0 Å². The highest BCUT2D eigenvalue weighted by atomic mass is 35.5. The fourth-order valence-corrected chi connectivity index (χ4v) is 4.87. The number of nitrogens with two attached hydrogens (primary N) is 1. The molecule has 25 heavy (non-hydrogen) atoms. The minimum absolute atomic E-state index is 0. The standard InChI is InChI=1S/C19H25N3O2.ClH/c20-15-8-12-5-3-6-13(9-15)18(12)21-17(23)11-22-10-14-4-1-2-7-16(14)19(22)24;/h1-2,4,7,12-13,15,18H,3,5-6,8-11,20H2,(H,21,23);1H. The van der Waals surface area contributed by atoms with Crippen molar-refractivity contribution < 1.29 is 9.59 Å². The molecule has 1 aromatic carbocycles. The van der Waals surface area contributed by atoms with Crippen molar-refractivity contribution in [3.63, 3.8) is 0 Å². The van der Waals surface area contributed by atoms with Crippen molar-refractivity contribution in [2.45, 2.75) is 50.7 Å². The summed E-state index contributed by atoms with van der Waals surface area (Å²) in [6, 6.07) is 8.12. The number of rotatable bonds is 3. The molecule has 5 nitrogen and oxygen atoms in total. The van der Waals surface area contributed by atoms with Crippen LogP contribution in [0.4, 0.5) is 0 Å². The van der Waals surface area contributed by atoms with Gasteiger partial charge in [0.15, 0.2) is 0 Å². The van der Waals surface area contributed by atoms with Gasteiger partial charge in [-0.1, -0.05) is 24.6 Å². The van der Waals surface area contributed by atoms with Gasteiger partial charge in [0.2, 0.25) is 5.91 Å². The molecule has 2 aliphatic carbocycles. The highest BCUT2D eigenvalue weighted by molar-refractivity contribution is 6.00. The topological polar surface area (TPSA) is 75.4 Å². The van der Waals surface area contributed by atoms with Crippen molar-refractivity contribution in [3.05, 3.63) is 35.4 Å². The molecule has 1 aromatic rings. The van der Waals surface area contributed by atoms with Gasteiger partial charge in [-0.3, -0.25) is 9.59 Å². The fourth-order valence-electron chi connectivity index (χ4n) is 4.87. The zero-order valence-electron chi connectivity index (χ0n) is 14.3. The molecule has 136 valence electrons. The molecule has 4 rings (SSSR count). The van der Waals surface area contributed by atoms with Crippen molar-refractivity contribution in [1.82, 2.24) is 10.2 Å². The molecule has 2 atom stereocenters. The van der Waals surface area contributed by atoms with E-state index in [0.29, 0.717) is 18.4 Å². The van der Waals surface area contributed by atoms with Crippen molar-refractivity contribution >= 4 is 24.2 Å². The molecule has 1 heterocycles. The third-order valence-corrected chi connectivity index (χ3v) is 5.93. The minimum atomic E-state index is -0.0355. The molecule has 2 bridgehead atoms. The van der Waals surface area contributed by atoms with Crippen LogP contribution in [0.25, 0.3) is 0 Å². The van der Waals surface area contributed by atoms with E-state index in [-0.39, 0.29) is 42.8 Å². The van der Waals surface area contributed by atoms with Crippen LogP contribution in [-0.2, 0) is 11.3 Å². The molecular formula is C19H26ClN3O2. The maximum absolute atomic E-state index is 12.5. The Hall–Kier alpha value is -1.59. The molecule has 0 aromatic heterocycles. The van der Waals surface area contributed by atoms with Crippen LogP contribution in [0.2, 0.25) is 0 Å². The molecule has 0 saturated heterocycles. The van der Waals surface area contributed by atoms with Crippen LogP contribution in [0.3, 0.4) is 0 Å². The van der Waals surface area contributed by atoms with E-state index in [1.54, 1.807) is 4.90 Å². The molecule has 2 fully saturated rings. The van der Waals surface area contributed by atoms with Crippen LogP contribution in [0.5, 0.6) is 0 Å². The van der Waals surface area contributed by atoms with Crippen molar-refractivity contribution in [2.24, 2.45) is 17.6 Å². The number of carbonyl (C=O) groups excluding carboxylic acids is 2. The van der Waals surface area contributed by atoms with Gasteiger partial charge in [-0.15, -0.1) is 12.4 Å². The van der Waals surface area contributed by atoms with Crippen LogP contribution in [0.15, 0.2) is 24.3 Å². The number of fused-ring (bicyclic) bond motifs is 3. The molecule has 2 unspecified atom stereocenters. The second-order valence-electron chi connectivity index (χ2n) is 7.59. The van der Waals surface area contributed by atoms with E-state index in [1.807, 2.05) is 24.3 Å². The van der Waals surface area contributed by atoms with Gasteiger partial charge < -0.3 is 16.0 Å². The summed E-state index contributed by atoms with van der Waals surface area (Å²) in [4.78, 5) is 26.6. The van der Waals surface area contributed by atoms with E-state index in [2.05, 4.69) is 5.32 Å². The number of nitrogens with zero attached hydrogens (tertiary/aromatic N) is 1. The summed E-state index contributed by atoms with van der Waals surface area (Å²) in [5.74, 6) is 0.936. The minimum Gasteiger partial charge on any atom is -0.351 e. The third kappa shape index (κ3) is 3.53. The SMILES string of the molecule is Cl.NC1CC2CCCC(C1)C2NC(=O)CN1Cc2ccccc2C1=O. The fraction of sp³-hybridized carbons (Fsp3) is 0.579. The summed E-state index contributed by atoms with van der Waals surface area (Å²) in [6.07, 6.45) is 5.58. The van der Waals surface area contributed by atoms with E-state index in [4.69, 9.17) is 5.73 Å². The maximum atomic E-state index is 12.5. The Morgan fingerprint density at radius 3 is 2.56 bits per heavy atom. The Morgan fingerprint density at radius 2 is 1.88 bits per heavy atom. The summed E-state index contributed by atoms with van der Waals surface area (Å²) in [5, 5.41) is 3.23. The molecule has 2 amide bonds. The molecule has 3 aliphatic rings. The van der Waals surface area contributed by atoms with Crippen LogP contribution in [-0.4, -0.2) is 35.3 Å². The lowest BCUT2D eigenvalue weighted by atomic mass is 9.67. The molecule has 0 spiro atoms. The third-order valence-electron chi connectivity index (χ3n) is 5.93. The molecule has 2 saturated carbocycles. The van der Waals surface area contributed by atoms with Crippen LogP contribution in [0, 0.1) is 11.8 Å². The zero-order valence-corrected chi connectivity index (χ0v) is 15.1. The second kappa shape index (κ2) is 7.34. The van der Waals surface area contributed by atoms with Gasteiger partial charge in [-0.05, 0) is 49.1 Å². The van der Waals surface area contributed by atoms with E-state index in [1.165, 1.54) is 6.42 Å². The smallest absolute Gasteiger partial charge is 0.254 e. The first kappa shape index (κ1) is 18.2. The molecular weight excluding hydrogens is 338 g/mol. The number of hydrogen-bond donors (Lipinski definition) is 2. The van der Waals surface area contributed by atoms with Crippen molar-refractivity contribution in [3.8, 4) is 0 Å². The Labute approximate surface area is 154 Å². The summed E-state index contributed by atoms with van der Waals surface area (Å²) < 4.78 is 0. The Morgan fingerprint density at radius 1 is 1.20 bits per heavy atom. The average molecular weight is 364 g/mol. The number of hydrogen-bond acceptors (Lipinski definition) is 3. The first-order valence-electron chi connectivity index (χ1n) is 9.04. The maximum Gasteiger partial charge on any atom is 0.254 e. The van der Waals surface area contributed by atoms with E-state index < -0.39 is 0 Å². The number of carbonyl (C=O) groups is 2. The predicted octanol–water partition coefficient (Wildman–Crippen LogP) is 2.09. The number of nitrogens with one attached hydrogen (secondary N) is 1. The number of benzene rings is 1. The Balaban J connectivity index is 0.00000182. The molecule has 3 N–H and O–H groups in total. The van der Waals surface area contributed by atoms with E-state index in [0.717, 1.165) is 36.8 Å². The predicted molar refractivity (Wildman–Crippen MR) is 98.4 cm³/mol. The van der Waals surface area contributed by atoms with E-state index in [9.17, 15) is 9.59 Å². The van der Waals surface area contributed by atoms with Gasteiger partial charge >= 0.3 is 0 Å². The largest absolute Gasteiger partial charge is 0.351 e. The normalized spacial score (nSPS) is 30.4. The highest BCUT2D eigenvalue weighted by Crippen LogP contribution is 2.39. The Kier molecular flexibility index (Phi) is 5.35. The lowest BCUT2D eigenvalue weighted by Crippen LogP contribution is -2.55. The number of amides is 2. The second-order valence-corrected chi connectivity index (χ2v) is 7.59. The van der Waals surface area contributed by atoms with Crippen LogP contribution >= 0.6 is 12.4 Å². The quantitative estimate of drug-likeness (QED) is 0.863. The summed E-state index contributed by atoms with van der Waals surface area (Å²) in [5.41, 5.74) is 7.89. The first-order chi connectivity index (χ1) is 11.6. The summed E-state index contributed by atoms with van der Waals surface area (Å²) in [7, 11) is 0. The molecule has 6 heteroatoms. The molecule has 0 radical (unpaired) electrons. The van der Waals surface area contributed by atoms with Crippen molar-refractivity contribution in [1.29, 1.82) is 0 Å². The monoisotopic (exact) mass is 363 g/mol. The Bertz CT molecular complexity index is 652. The van der Waals surface area contributed by atoms with Gasteiger partial charge in [-0.25, -0.2) is 0 Å². The zero-order chi connectivity index (χ0) is 16.7. The summed E-state index contributed by atoms with van der Waals surface area (Å²) >= 11 is 0. The van der Waals surface area contributed by atoms with Gasteiger partial charge in [0.1, 0.15) is 6.54 Å². The van der Waals surface area contributed by atoms with Crippen molar-refractivity contribution in [2.75, 3.05) is 6.54 Å². The lowest BCUT2D eigenvalue weighted by molar-refractivity contribution is -0.124. The highest BCUT2D eigenvalue weighted by Gasteiger charge is 2.40. The van der Waals surface area contributed by atoms with Gasteiger partial charge in [0, 0.05) is 24.2 Å². The first-order valence-corrected chi connectivity index (χ1v) is 9.04. The number of halogens is 1. The van der Waals surface area contributed by atoms with Gasteiger partial charge in [0.05, 0.1) is 0 Å².